The number of carbonyl (C=O) groups excluding carboxylic acids is 2. The highest BCUT2D eigenvalue weighted by Gasteiger charge is 2.41. The van der Waals surface area contributed by atoms with Crippen LogP contribution in [0.5, 0.6) is 0 Å². The highest BCUT2D eigenvalue weighted by Crippen LogP contribution is 2.39. The van der Waals surface area contributed by atoms with E-state index in [1.165, 1.54) is 37.4 Å². The summed E-state index contributed by atoms with van der Waals surface area (Å²) in [4.78, 5) is 28.3. The third-order valence-corrected chi connectivity index (χ3v) is 9.32. The number of rotatable bonds is 6. The van der Waals surface area contributed by atoms with Gasteiger partial charge < -0.3 is 15.5 Å². The third-order valence-electron chi connectivity index (χ3n) is 7.52. The highest BCUT2D eigenvalue weighted by atomic mass is 32.2. The van der Waals surface area contributed by atoms with E-state index < -0.39 is 22.0 Å². The van der Waals surface area contributed by atoms with Gasteiger partial charge in [-0.3, -0.25) is 13.9 Å². The number of nitrogens with one attached hydrogen (secondary N) is 2. The topological polar surface area (TPSA) is 98.8 Å². The van der Waals surface area contributed by atoms with Gasteiger partial charge in [0.25, 0.3) is 10.0 Å². The molecule has 1 aliphatic carbocycles. The summed E-state index contributed by atoms with van der Waals surface area (Å²) in [6.07, 6.45) is 7.83. The first-order valence-corrected chi connectivity index (χ1v) is 13.6. The number of nitrogens with zero attached hydrogens (tertiary/aromatic N) is 2. The zero-order chi connectivity index (χ0) is 24.5. The van der Waals surface area contributed by atoms with E-state index in [1.54, 1.807) is 12.1 Å². The standard InChI is InChI=1S/C25H36N4O4S/c1-18-6-9-20(10-7-18)34(32,33)29-15-12-26-24(31)21(29)16-23(30)27-22-11-8-19(17-25(22,2)3)28-13-4-5-14-28/h6-7,9-10,12,15,19,21-22H,4-5,8,11,13-14,16-17H2,1-3H3,(H,26,31)(H,27,30)/t19-,21+,22-/m0/s1. The van der Waals surface area contributed by atoms with Crippen LogP contribution in [0.3, 0.4) is 0 Å². The predicted octanol–water partition coefficient (Wildman–Crippen LogP) is 2.50. The van der Waals surface area contributed by atoms with Crippen molar-refractivity contribution in [3.05, 3.63) is 42.2 Å². The average Bonchev–Trinajstić information content (AvgIpc) is 3.31. The van der Waals surface area contributed by atoms with Gasteiger partial charge in [0.1, 0.15) is 6.04 Å². The van der Waals surface area contributed by atoms with Gasteiger partial charge in [-0.25, -0.2) is 8.42 Å². The molecule has 2 N–H and O–H groups in total. The smallest absolute Gasteiger partial charge is 0.264 e. The first-order chi connectivity index (χ1) is 16.1. The van der Waals surface area contributed by atoms with Crippen molar-refractivity contribution in [2.24, 2.45) is 5.41 Å². The molecule has 2 amide bonds. The van der Waals surface area contributed by atoms with Crippen molar-refractivity contribution in [2.45, 2.75) is 82.3 Å². The molecule has 0 radical (unpaired) electrons. The molecule has 8 nitrogen and oxygen atoms in total. The van der Waals surface area contributed by atoms with Crippen molar-refractivity contribution in [3.63, 3.8) is 0 Å². The molecule has 4 rings (SSSR count). The van der Waals surface area contributed by atoms with Gasteiger partial charge in [0.2, 0.25) is 11.8 Å². The summed E-state index contributed by atoms with van der Waals surface area (Å²) in [7, 11) is -3.98. The van der Waals surface area contributed by atoms with Crippen molar-refractivity contribution in [2.75, 3.05) is 13.1 Å². The van der Waals surface area contributed by atoms with Crippen LogP contribution in [0.25, 0.3) is 0 Å². The van der Waals surface area contributed by atoms with Gasteiger partial charge in [0, 0.05) is 24.5 Å². The minimum atomic E-state index is -3.98. The van der Waals surface area contributed by atoms with Gasteiger partial charge in [-0.1, -0.05) is 31.5 Å². The Morgan fingerprint density at radius 3 is 2.47 bits per heavy atom. The van der Waals surface area contributed by atoms with E-state index in [2.05, 4.69) is 29.4 Å². The van der Waals surface area contributed by atoms with E-state index in [-0.39, 0.29) is 28.7 Å². The Morgan fingerprint density at radius 1 is 1.15 bits per heavy atom. The second-order valence-corrected chi connectivity index (χ2v) is 12.3. The molecule has 2 heterocycles. The second-order valence-electron chi connectivity index (χ2n) is 10.5. The van der Waals surface area contributed by atoms with Crippen LogP contribution in [0.4, 0.5) is 0 Å². The number of likely N-dealkylation sites (tertiary alicyclic amines) is 1. The molecule has 9 heteroatoms. The van der Waals surface area contributed by atoms with Gasteiger partial charge in [-0.15, -0.1) is 0 Å². The maximum Gasteiger partial charge on any atom is 0.264 e. The monoisotopic (exact) mass is 488 g/mol. The van der Waals surface area contributed by atoms with Crippen molar-refractivity contribution in [1.82, 2.24) is 19.8 Å². The molecule has 186 valence electrons. The molecule has 2 fully saturated rings. The Morgan fingerprint density at radius 2 is 1.82 bits per heavy atom. The lowest BCUT2D eigenvalue weighted by Crippen LogP contribution is -2.55. The van der Waals surface area contributed by atoms with E-state index >= 15 is 0 Å². The van der Waals surface area contributed by atoms with Crippen LogP contribution in [0.2, 0.25) is 0 Å². The Hall–Kier alpha value is -2.39. The maximum absolute atomic E-state index is 13.2. The Balaban J connectivity index is 1.44. The van der Waals surface area contributed by atoms with E-state index in [1.807, 2.05) is 6.92 Å². The largest absolute Gasteiger partial charge is 0.353 e. The maximum atomic E-state index is 13.2. The van der Waals surface area contributed by atoms with Gasteiger partial charge in [0.15, 0.2) is 0 Å². The molecule has 34 heavy (non-hydrogen) atoms. The molecular formula is C25H36N4O4S. The summed E-state index contributed by atoms with van der Waals surface area (Å²) in [5.41, 5.74) is 0.854. The zero-order valence-electron chi connectivity index (χ0n) is 20.3. The van der Waals surface area contributed by atoms with E-state index in [9.17, 15) is 18.0 Å². The van der Waals surface area contributed by atoms with Crippen molar-refractivity contribution in [1.29, 1.82) is 0 Å². The Labute approximate surface area is 202 Å². The summed E-state index contributed by atoms with van der Waals surface area (Å²) >= 11 is 0. The molecule has 0 aromatic heterocycles. The first-order valence-electron chi connectivity index (χ1n) is 12.2. The molecule has 2 aliphatic heterocycles. The number of benzene rings is 1. The van der Waals surface area contributed by atoms with Gasteiger partial charge >= 0.3 is 0 Å². The molecule has 0 spiro atoms. The summed E-state index contributed by atoms with van der Waals surface area (Å²) in [5.74, 6) is -0.817. The SMILES string of the molecule is Cc1ccc(S(=O)(=O)N2C=CNC(=O)[C@H]2CC(=O)N[C@H]2CC[C@H](N3CCCC3)CC2(C)C)cc1. The summed E-state index contributed by atoms with van der Waals surface area (Å²) in [6, 6.07) is 5.86. The molecule has 0 unspecified atom stereocenters. The molecule has 0 bridgehead atoms. The molecule has 3 atom stereocenters. The van der Waals surface area contributed by atoms with Crippen LogP contribution >= 0.6 is 0 Å². The quantitative estimate of drug-likeness (QED) is 0.641. The van der Waals surface area contributed by atoms with E-state index in [0.717, 1.165) is 42.2 Å². The van der Waals surface area contributed by atoms with E-state index in [4.69, 9.17) is 0 Å². The van der Waals surface area contributed by atoms with Crippen molar-refractivity contribution in [3.8, 4) is 0 Å². The average molecular weight is 489 g/mol. The van der Waals surface area contributed by atoms with Gasteiger partial charge in [-0.05, 0) is 69.7 Å². The fourth-order valence-electron chi connectivity index (χ4n) is 5.49. The number of hydrogen-bond donors (Lipinski definition) is 2. The fourth-order valence-corrected chi connectivity index (χ4v) is 6.94. The molecule has 1 aromatic rings. The van der Waals surface area contributed by atoms with Crippen LogP contribution in [-0.4, -0.2) is 60.7 Å². The number of amides is 2. The molecule has 1 saturated heterocycles. The van der Waals surface area contributed by atoms with Gasteiger partial charge in [-0.2, -0.15) is 0 Å². The molecule has 3 aliphatic rings. The molecule has 1 saturated carbocycles. The zero-order valence-corrected chi connectivity index (χ0v) is 21.1. The summed E-state index contributed by atoms with van der Waals surface area (Å²) in [6.45, 7) is 8.56. The molecule has 1 aromatic carbocycles. The van der Waals surface area contributed by atoms with Gasteiger partial charge in [0.05, 0.1) is 11.3 Å². The first kappa shape index (κ1) is 24.7. The lowest BCUT2D eigenvalue weighted by molar-refractivity contribution is -0.130. The van der Waals surface area contributed by atoms with E-state index in [0.29, 0.717) is 6.04 Å². The summed E-state index contributed by atoms with van der Waals surface area (Å²) in [5, 5.41) is 5.67. The molecular weight excluding hydrogens is 452 g/mol. The van der Waals surface area contributed by atoms with Crippen molar-refractivity contribution < 1.29 is 18.0 Å². The number of sulfonamides is 1. The predicted molar refractivity (Wildman–Crippen MR) is 130 cm³/mol. The normalized spacial score (nSPS) is 27.4. The third kappa shape index (κ3) is 5.15. The highest BCUT2D eigenvalue weighted by molar-refractivity contribution is 7.89. The van der Waals surface area contributed by atoms with Crippen molar-refractivity contribution >= 4 is 21.8 Å². The second kappa shape index (κ2) is 9.70. The Kier molecular flexibility index (Phi) is 7.05. The summed E-state index contributed by atoms with van der Waals surface area (Å²) < 4.78 is 27.5. The lowest BCUT2D eigenvalue weighted by Gasteiger charge is -2.45. The fraction of sp³-hybridized carbons (Fsp3) is 0.600. The number of carbonyl (C=O) groups is 2. The van der Waals surface area contributed by atoms with Crippen LogP contribution in [-0.2, 0) is 19.6 Å². The minimum absolute atomic E-state index is 0.0109. The number of aryl methyl sites for hydroxylation is 1. The number of hydrogen-bond acceptors (Lipinski definition) is 5. The van der Waals surface area contributed by atoms with Crippen LogP contribution in [0, 0.1) is 12.3 Å². The minimum Gasteiger partial charge on any atom is -0.353 e. The van der Waals surface area contributed by atoms with Crippen LogP contribution in [0.1, 0.15) is 57.9 Å². The Bertz CT molecular complexity index is 1050. The van der Waals surface area contributed by atoms with Crippen LogP contribution in [0.15, 0.2) is 41.6 Å². The van der Waals surface area contributed by atoms with Crippen LogP contribution < -0.4 is 10.6 Å². The lowest BCUT2D eigenvalue weighted by atomic mass is 9.70.